The lowest BCUT2D eigenvalue weighted by molar-refractivity contribution is 0.0994. The smallest absolute Gasteiger partial charge is 0.291 e. The first-order chi connectivity index (χ1) is 8.97. The maximum absolute atomic E-state index is 13.4. The van der Waals surface area contributed by atoms with Crippen molar-refractivity contribution < 1.29 is 18.0 Å². The number of anilines is 1. The minimum Gasteiger partial charge on any atom is -0.454 e. The number of halogens is 2. The predicted octanol–water partition coefficient (Wildman–Crippen LogP) is 2.83. The molecule has 2 aromatic rings. The first kappa shape index (κ1) is 13.2. The second kappa shape index (κ2) is 5.19. The van der Waals surface area contributed by atoms with Gasteiger partial charge in [0.25, 0.3) is 5.91 Å². The van der Waals surface area contributed by atoms with Crippen LogP contribution in [0.15, 0.2) is 34.7 Å². The first-order valence-corrected chi connectivity index (χ1v) is 5.59. The molecule has 19 heavy (non-hydrogen) atoms. The number of hydrogen-bond donors (Lipinski definition) is 2. The highest BCUT2D eigenvalue weighted by atomic mass is 19.1. The number of amides is 1. The number of nitrogens with two attached hydrogens (primary N) is 1. The van der Waals surface area contributed by atoms with Gasteiger partial charge in [0, 0.05) is 6.07 Å². The Morgan fingerprint density at radius 1 is 1.32 bits per heavy atom. The normalized spacial score (nSPS) is 12.2. The number of rotatable bonds is 3. The van der Waals surface area contributed by atoms with Crippen molar-refractivity contribution in [2.45, 2.75) is 13.0 Å². The fourth-order valence-corrected chi connectivity index (χ4v) is 1.49. The molecule has 0 bridgehead atoms. The lowest BCUT2D eigenvalue weighted by Crippen LogP contribution is -2.12. The van der Waals surface area contributed by atoms with Crippen LogP contribution in [0.5, 0.6) is 0 Å². The summed E-state index contributed by atoms with van der Waals surface area (Å²) in [5.74, 6) is -1.74. The van der Waals surface area contributed by atoms with Crippen LogP contribution in [0.1, 0.15) is 29.3 Å². The Kier molecular flexibility index (Phi) is 3.62. The number of furan rings is 1. The Bertz CT molecular complexity index is 608. The van der Waals surface area contributed by atoms with Crippen molar-refractivity contribution in [1.29, 1.82) is 0 Å². The fourth-order valence-electron chi connectivity index (χ4n) is 1.49. The topological polar surface area (TPSA) is 68.3 Å². The molecule has 1 atom stereocenters. The van der Waals surface area contributed by atoms with Crippen molar-refractivity contribution >= 4 is 11.6 Å². The zero-order valence-electron chi connectivity index (χ0n) is 10.1. The van der Waals surface area contributed by atoms with Gasteiger partial charge in [-0.15, -0.1) is 0 Å². The van der Waals surface area contributed by atoms with Crippen LogP contribution in [-0.4, -0.2) is 5.91 Å². The van der Waals surface area contributed by atoms with Crippen LogP contribution in [-0.2, 0) is 0 Å². The Morgan fingerprint density at radius 3 is 2.63 bits per heavy atom. The molecule has 100 valence electrons. The molecule has 6 heteroatoms. The standard InChI is InChI=1S/C13H12F2N2O2/c1-7(16)11-4-5-12(19-11)13(18)17-10-3-2-8(14)6-9(10)15/h2-7H,16H2,1H3,(H,17,18). The SMILES string of the molecule is CC(N)c1ccc(C(=O)Nc2ccc(F)cc2F)o1. The summed E-state index contributed by atoms with van der Waals surface area (Å²) in [5, 5.41) is 2.29. The van der Waals surface area contributed by atoms with Gasteiger partial charge in [-0.05, 0) is 31.2 Å². The third kappa shape index (κ3) is 2.97. The number of carbonyl (C=O) groups excluding carboxylic acids is 1. The molecule has 0 fully saturated rings. The van der Waals surface area contributed by atoms with Gasteiger partial charge in [-0.2, -0.15) is 0 Å². The molecular formula is C13H12F2N2O2. The van der Waals surface area contributed by atoms with E-state index in [9.17, 15) is 13.6 Å². The highest BCUT2D eigenvalue weighted by molar-refractivity contribution is 6.02. The van der Waals surface area contributed by atoms with Crippen LogP contribution in [0.3, 0.4) is 0 Å². The van der Waals surface area contributed by atoms with Gasteiger partial charge in [-0.1, -0.05) is 0 Å². The largest absolute Gasteiger partial charge is 0.454 e. The lowest BCUT2D eigenvalue weighted by Gasteiger charge is -2.05. The third-order valence-corrected chi connectivity index (χ3v) is 2.48. The first-order valence-electron chi connectivity index (χ1n) is 5.59. The van der Waals surface area contributed by atoms with Crippen molar-refractivity contribution in [3.8, 4) is 0 Å². The van der Waals surface area contributed by atoms with Gasteiger partial charge in [-0.3, -0.25) is 4.79 Å². The zero-order valence-corrected chi connectivity index (χ0v) is 10.1. The Balaban J connectivity index is 2.16. The van der Waals surface area contributed by atoms with Gasteiger partial charge in [0.15, 0.2) is 5.76 Å². The van der Waals surface area contributed by atoms with E-state index in [2.05, 4.69) is 5.32 Å². The molecule has 1 amide bonds. The summed E-state index contributed by atoms with van der Waals surface area (Å²) in [5.41, 5.74) is 5.47. The van der Waals surface area contributed by atoms with Crippen LogP contribution in [0.4, 0.5) is 14.5 Å². The predicted molar refractivity (Wildman–Crippen MR) is 65.6 cm³/mol. The van der Waals surface area contributed by atoms with Crippen LogP contribution < -0.4 is 11.1 Å². The molecule has 0 aliphatic rings. The summed E-state index contributed by atoms with van der Waals surface area (Å²) < 4.78 is 31.3. The summed E-state index contributed by atoms with van der Waals surface area (Å²) in [6.07, 6.45) is 0. The number of benzene rings is 1. The van der Waals surface area contributed by atoms with Crippen LogP contribution >= 0.6 is 0 Å². The summed E-state index contributed by atoms with van der Waals surface area (Å²) >= 11 is 0. The van der Waals surface area contributed by atoms with E-state index in [0.29, 0.717) is 11.8 Å². The van der Waals surface area contributed by atoms with E-state index in [0.717, 1.165) is 12.1 Å². The molecule has 2 rings (SSSR count). The third-order valence-electron chi connectivity index (χ3n) is 2.48. The monoisotopic (exact) mass is 266 g/mol. The molecule has 3 N–H and O–H groups in total. The minimum atomic E-state index is -0.854. The van der Waals surface area contributed by atoms with E-state index in [1.165, 1.54) is 6.07 Å². The van der Waals surface area contributed by atoms with Gasteiger partial charge in [0.1, 0.15) is 17.4 Å². The van der Waals surface area contributed by atoms with Crippen LogP contribution in [0.2, 0.25) is 0 Å². The Morgan fingerprint density at radius 2 is 2.05 bits per heavy atom. The molecule has 0 aliphatic heterocycles. The summed E-state index contributed by atoms with van der Waals surface area (Å²) in [6, 6.07) is 5.54. The van der Waals surface area contributed by atoms with Crippen molar-refractivity contribution in [3.05, 3.63) is 53.5 Å². The average Bonchev–Trinajstić information content (AvgIpc) is 2.82. The number of nitrogens with one attached hydrogen (secondary N) is 1. The van der Waals surface area contributed by atoms with Crippen molar-refractivity contribution in [1.82, 2.24) is 0 Å². The highest BCUT2D eigenvalue weighted by Gasteiger charge is 2.15. The maximum atomic E-state index is 13.4. The lowest BCUT2D eigenvalue weighted by atomic mass is 10.3. The summed E-state index contributed by atoms with van der Waals surface area (Å²) in [6.45, 7) is 1.71. The molecule has 0 aliphatic carbocycles. The Hall–Kier alpha value is -2.21. The molecule has 1 aromatic carbocycles. The second-order valence-electron chi connectivity index (χ2n) is 4.07. The molecule has 1 aromatic heterocycles. The van der Waals surface area contributed by atoms with Crippen molar-refractivity contribution in [2.24, 2.45) is 5.73 Å². The van der Waals surface area contributed by atoms with Gasteiger partial charge in [-0.25, -0.2) is 8.78 Å². The average molecular weight is 266 g/mol. The van der Waals surface area contributed by atoms with E-state index >= 15 is 0 Å². The van der Waals surface area contributed by atoms with E-state index in [1.54, 1.807) is 13.0 Å². The van der Waals surface area contributed by atoms with Crippen molar-refractivity contribution in [3.63, 3.8) is 0 Å². The second-order valence-corrected chi connectivity index (χ2v) is 4.07. The maximum Gasteiger partial charge on any atom is 0.291 e. The highest BCUT2D eigenvalue weighted by Crippen LogP contribution is 2.18. The molecule has 1 unspecified atom stereocenters. The summed E-state index contributed by atoms with van der Waals surface area (Å²) in [7, 11) is 0. The van der Waals surface area contributed by atoms with Gasteiger partial charge < -0.3 is 15.5 Å². The molecular weight excluding hydrogens is 254 g/mol. The van der Waals surface area contributed by atoms with Crippen LogP contribution in [0.25, 0.3) is 0 Å². The minimum absolute atomic E-state index is 0.0102. The quantitative estimate of drug-likeness (QED) is 0.897. The fraction of sp³-hybridized carbons (Fsp3) is 0.154. The van der Waals surface area contributed by atoms with E-state index in [-0.39, 0.29) is 17.5 Å². The van der Waals surface area contributed by atoms with E-state index in [1.807, 2.05) is 0 Å². The van der Waals surface area contributed by atoms with Gasteiger partial charge >= 0.3 is 0 Å². The van der Waals surface area contributed by atoms with Crippen molar-refractivity contribution in [2.75, 3.05) is 5.32 Å². The molecule has 1 heterocycles. The zero-order chi connectivity index (χ0) is 14.0. The number of carbonyl (C=O) groups is 1. The molecule has 4 nitrogen and oxygen atoms in total. The van der Waals surface area contributed by atoms with Crippen LogP contribution in [0, 0.1) is 11.6 Å². The molecule has 0 saturated carbocycles. The van der Waals surface area contributed by atoms with Gasteiger partial charge in [0.05, 0.1) is 11.7 Å². The molecule has 0 spiro atoms. The van der Waals surface area contributed by atoms with Gasteiger partial charge in [0.2, 0.25) is 0 Å². The summed E-state index contributed by atoms with van der Waals surface area (Å²) in [4.78, 5) is 11.8. The molecule has 0 radical (unpaired) electrons. The number of hydrogen-bond acceptors (Lipinski definition) is 3. The van der Waals surface area contributed by atoms with E-state index in [4.69, 9.17) is 10.2 Å². The molecule has 0 saturated heterocycles. The van der Waals surface area contributed by atoms with E-state index < -0.39 is 17.5 Å². The Labute approximate surface area is 108 Å².